The molecule has 3 N–H and O–H groups in total. The molecule has 14 nitrogen and oxygen atoms in total. The van der Waals surface area contributed by atoms with E-state index in [0.29, 0.717) is 62.5 Å². The molecule has 0 aliphatic carbocycles. The summed E-state index contributed by atoms with van der Waals surface area (Å²) in [4.78, 5) is 27.3. The molecule has 4 saturated heterocycles. The van der Waals surface area contributed by atoms with Gasteiger partial charge in [-0.25, -0.2) is 9.07 Å². The number of amides is 1. The normalized spacial score (nSPS) is 20.5. The number of nitriles is 1. The first-order valence-corrected chi connectivity index (χ1v) is 23.1. The molecular weight excluding hydrogens is 877 g/mol. The molecule has 0 saturated carbocycles. The summed E-state index contributed by atoms with van der Waals surface area (Å²) < 4.78 is 83.1. The molecule has 4 aliphatic heterocycles. The molecule has 3 aromatic heterocycles. The van der Waals surface area contributed by atoms with Crippen LogP contribution in [0.25, 0.3) is 43.4 Å². The summed E-state index contributed by atoms with van der Waals surface area (Å²) in [5.41, 5.74) is 6.38. The third kappa shape index (κ3) is 7.91. The Balaban J connectivity index is 1.09. The van der Waals surface area contributed by atoms with E-state index >= 15 is 17.6 Å². The van der Waals surface area contributed by atoms with Crippen molar-refractivity contribution in [3.05, 3.63) is 71.2 Å². The Morgan fingerprint density at radius 3 is 2.58 bits per heavy atom. The highest BCUT2D eigenvalue weighted by Gasteiger charge is 2.43. The SMILES string of the molecule is CC(C)C(C(=O)N1CCCC1C)n1cc(-c2ccc(COc3c(-c4ccc(F)c5sc(N)c(C#N)c45)c(C(F)(F)F)cc4c(N5CC6CC5CN6)nc(OC5CCOCC5)nc34)cc2)nn1. The number of nitrogens with one attached hydrogen (secondary N) is 1. The fourth-order valence-corrected chi connectivity index (χ4v) is 10.9. The maximum absolute atomic E-state index is 15.8. The number of thiophene rings is 1. The smallest absolute Gasteiger partial charge is 0.417 e. The van der Waals surface area contributed by atoms with E-state index in [4.69, 9.17) is 29.9 Å². The van der Waals surface area contributed by atoms with E-state index in [1.807, 2.05) is 29.7 Å². The zero-order chi connectivity index (χ0) is 46.0. The molecule has 3 aromatic carbocycles. The van der Waals surface area contributed by atoms with Gasteiger partial charge >= 0.3 is 12.2 Å². The van der Waals surface area contributed by atoms with Crippen LogP contribution in [-0.4, -0.2) is 92.8 Å². The minimum atomic E-state index is -4.97. The summed E-state index contributed by atoms with van der Waals surface area (Å²) in [6, 6.07) is 12.2. The van der Waals surface area contributed by atoms with Crippen molar-refractivity contribution in [2.24, 2.45) is 5.92 Å². The van der Waals surface area contributed by atoms with Crippen molar-refractivity contribution in [2.45, 2.75) is 95.9 Å². The van der Waals surface area contributed by atoms with E-state index in [2.05, 4.69) is 22.6 Å². The van der Waals surface area contributed by atoms with Crippen molar-refractivity contribution in [2.75, 3.05) is 43.5 Å². The van der Waals surface area contributed by atoms with Gasteiger partial charge in [0, 0.05) is 72.5 Å². The first-order chi connectivity index (χ1) is 31.8. The van der Waals surface area contributed by atoms with Crippen LogP contribution in [0.4, 0.5) is 28.4 Å². The molecule has 7 heterocycles. The Labute approximate surface area is 381 Å². The van der Waals surface area contributed by atoms with Gasteiger partial charge in [-0.05, 0) is 55.4 Å². The van der Waals surface area contributed by atoms with Crippen LogP contribution in [-0.2, 0) is 22.3 Å². The lowest BCUT2D eigenvalue weighted by atomic mass is 9.92. The molecule has 4 atom stereocenters. The highest BCUT2D eigenvalue weighted by atomic mass is 32.1. The predicted molar refractivity (Wildman–Crippen MR) is 241 cm³/mol. The Bertz CT molecular complexity index is 2870. The van der Waals surface area contributed by atoms with Crippen LogP contribution in [0.5, 0.6) is 11.8 Å². The number of anilines is 2. The number of nitrogens with zero attached hydrogens (tertiary/aromatic N) is 8. The number of nitrogen functional groups attached to an aromatic ring is 1. The van der Waals surface area contributed by atoms with Gasteiger partial charge in [-0.2, -0.15) is 28.4 Å². The number of carbonyl (C=O) groups excluding carboxylic acids is 1. The average Bonchev–Trinajstić information content (AvgIpc) is 4.16. The first kappa shape index (κ1) is 43.8. The quantitative estimate of drug-likeness (QED) is 0.120. The topological polar surface area (TPSA) is 170 Å². The number of likely N-dealkylation sites (tertiary alicyclic amines) is 1. The van der Waals surface area contributed by atoms with Gasteiger partial charge in [-0.15, -0.1) is 16.4 Å². The number of fused-ring (bicyclic) bond motifs is 4. The van der Waals surface area contributed by atoms with Crippen molar-refractivity contribution in [1.82, 2.24) is 35.2 Å². The van der Waals surface area contributed by atoms with Crippen LogP contribution in [0.3, 0.4) is 0 Å². The van der Waals surface area contributed by atoms with Crippen LogP contribution in [0.2, 0.25) is 0 Å². The number of hydrogen-bond donors (Lipinski definition) is 2. The van der Waals surface area contributed by atoms with Gasteiger partial charge in [-0.3, -0.25) is 4.79 Å². The van der Waals surface area contributed by atoms with E-state index in [-0.39, 0.29) is 97.4 Å². The molecule has 344 valence electrons. The third-order valence-electron chi connectivity index (χ3n) is 13.3. The zero-order valence-corrected chi connectivity index (χ0v) is 37.4. The van der Waals surface area contributed by atoms with Crippen molar-refractivity contribution < 1.29 is 36.6 Å². The fourth-order valence-electron chi connectivity index (χ4n) is 9.98. The number of alkyl halides is 3. The number of hydrogen-bond acceptors (Lipinski definition) is 13. The molecule has 4 fully saturated rings. The second-order valence-electron chi connectivity index (χ2n) is 18.0. The predicted octanol–water partition coefficient (Wildman–Crippen LogP) is 8.28. The maximum Gasteiger partial charge on any atom is 0.417 e. The van der Waals surface area contributed by atoms with Crippen molar-refractivity contribution in [3.63, 3.8) is 0 Å². The van der Waals surface area contributed by atoms with Gasteiger partial charge in [0.1, 0.15) is 52.7 Å². The number of halogens is 4. The molecule has 6 aromatic rings. The van der Waals surface area contributed by atoms with Gasteiger partial charge in [0.25, 0.3) is 0 Å². The van der Waals surface area contributed by atoms with Gasteiger partial charge in [0.05, 0.1) is 35.2 Å². The van der Waals surface area contributed by atoms with Crippen molar-refractivity contribution in [3.8, 4) is 40.2 Å². The van der Waals surface area contributed by atoms with E-state index in [9.17, 15) is 10.1 Å². The summed E-state index contributed by atoms with van der Waals surface area (Å²) >= 11 is 0.790. The molecule has 1 amide bonds. The molecule has 2 bridgehead atoms. The van der Waals surface area contributed by atoms with E-state index in [0.717, 1.165) is 42.7 Å². The maximum atomic E-state index is 15.8. The lowest BCUT2D eigenvalue weighted by molar-refractivity contribution is -0.137. The lowest BCUT2D eigenvalue weighted by Gasteiger charge is -2.31. The van der Waals surface area contributed by atoms with Crippen molar-refractivity contribution in [1.29, 1.82) is 5.26 Å². The van der Waals surface area contributed by atoms with Gasteiger partial charge < -0.3 is 35.1 Å². The molecule has 4 unspecified atom stereocenters. The van der Waals surface area contributed by atoms with Crippen LogP contribution in [0.1, 0.15) is 75.6 Å². The van der Waals surface area contributed by atoms with Gasteiger partial charge in [0.2, 0.25) is 5.91 Å². The molecule has 0 radical (unpaired) electrons. The Morgan fingerprint density at radius 1 is 1.12 bits per heavy atom. The molecular formula is C47H48F4N10O4S. The summed E-state index contributed by atoms with van der Waals surface area (Å²) in [6.45, 7) is 8.60. The summed E-state index contributed by atoms with van der Waals surface area (Å²) in [5, 5.41) is 22.5. The zero-order valence-electron chi connectivity index (χ0n) is 36.6. The van der Waals surface area contributed by atoms with Crippen LogP contribution in [0, 0.1) is 23.1 Å². The summed E-state index contributed by atoms with van der Waals surface area (Å²) in [7, 11) is 0. The molecule has 10 rings (SSSR count). The Kier molecular flexibility index (Phi) is 11.5. The standard InChI is InChI=1S/C47H48F4N10O4S/c1-24(2)40(45(62)59-14-4-5-25(59)3)61-22-36(57-58-61)27-8-6-26(7-9-27)23-64-41-38(31-10-11-35(48)42-37(31)33(19-52)43(53)66-42)34(47(49,50)51)18-32-39(41)55-46(65-30-12-15-63-16-13-30)56-44(32)60-21-28-17-29(60)20-54-28/h6-11,18,22,24-25,28-30,40,54H,4-5,12-17,20-21,23,53H2,1-3H3. The average molecular weight is 925 g/mol. The highest BCUT2D eigenvalue weighted by Crippen LogP contribution is 2.52. The number of ether oxygens (including phenoxy) is 3. The summed E-state index contributed by atoms with van der Waals surface area (Å²) in [6.07, 6.45) is 0.340. The summed E-state index contributed by atoms with van der Waals surface area (Å²) in [5.74, 6) is -0.719. The van der Waals surface area contributed by atoms with E-state index < -0.39 is 29.2 Å². The third-order valence-corrected chi connectivity index (χ3v) is 14.4. The second kappa shape index (κ2) is 17.3. The number of rotatable bonds is 11. The van der Waals surface area contributed by atoms with E-state index in [1.54, 1.807) is 35.1 Å². The fraction of sp³-hybridized carbons (Fsp3) is 0.447. The van der Waals surface area contributed by atoms with Crippen molar-refractivity contribution >= 4 is 49.1 Å². The number of carbonyl (C=O) groups is 1. The monoisotopic (exact) mass is 924 g/mol. The largest absolute Gasteiger partial charge is 0.486 e. The second-order valence-corrected chi connectivity index (χ2v) is 19.0. The Hall–Kier alpha value is -6.10. The minimum absolute atomic E-state index is 0.0115. The lowest BCUT2D eigenvalue weighted by Crippen LogP contribution is -2.44. The minimum Gasteiger partial charge on any atom is -0.486 e. The highest BCUT2D eigenvalue weighted by molar-refractivity contribution is 7.23. The number of benzene rings is 3. The van der Waals surface area contributed by atoms with Crippen LogP contribution < -0.4 is 25.4 Å². The number of nitrogens with two attached hydrogens (primary N) is 1. The van der Waals surface area contributed by atoms with Crippen LogP contribution >= 0.6 is 11.3 Å². The van der Waals surface area contributed by atoms with Gasteiger partial charge in [-0.1, -0.05) is 49.4 Å². The molecule has 66 heavy (non-hydrogen) atoms. The van der Waals surface area contributed by atoms with Gasteiger partial charge in [0.15, 0.2) is 5.75 Å². The number of piperazine rings is 1. The van der Waals surface area contributed by atoms with Crippen LogP contribution in [0.15, 0.2) is 48.7 Å². The first-order valence-electron chi connectivity index (χ1n) is 22.3. The van der Waals surface area contributed by atoms with E-state index in [1.165, 1.54) is 6.07 Å². The Morgan fingerprint density at radius 2 is 1.91 bits per heavy atom. The molecule has 4 aliphatic rings. The molecule has 19 heteroatoms. The molecule has 0 spiro atoms. The number of aromatic nitrogens is 5.